The Morgan fingerprint density at radius 2 is 1.43 bits per heavy atom. The number of aliphatic hydroxyl groups excluding tert-OH is 2. The SMILES string of the molecule is CN(C)C1CCN(CCO)C1.OCCN1CCCC1.[Y].[Y]. The van der Waals surface area contributed by atoms with Gasteiger partial charge in [-0.3, -0.25) is 4.90 Å². The number of nitrogens with zero attached hydrogens (tertiary/aromatic N) is 3. The van der Waals surface area contributed by atoms with E-state index < -0.39 is 0 Å². The molecule has 0 aromatic rings. The molecule has 2 rings (SSSR count). The predicted molar refractivity (Wildman–Crippen MR) is 78.4 cm³/mol. The number of hydrogen-bond donors (Lipinski definition) is 2. The molecule has 7 heteroatoms. The van der Waals surface area contributed by atoms with Gasteiger partial charge in [-0.1, -0.05) is 0 Å². The minimum Gasteiger partial charge on any atom is -0.395 e. The predicted octanol–water partition coefficient (Wildman–Crippen LogP) is -0.316. The summed E-state index contributed by atoms with van der Waals surface area (Å²) in [5, 5.41) is 17.2. The molecule has 0 saturated carbocycles. The van der Waals surface area contributed by atoms with E-state index in [0.29, 0.717) is 19.3 Å². The molecule has 0 bridgehead atoms. The molecule has 0 amide bonds. The number of likely N-dealkylation sites (N-methyl/N-ethyl adjacent to an activating group) is 1. The Balaban J connectivity index is 0. The van der Waals surface area contributed by atoms with Crippen molar-refractivity contribution in [1.29, 1.82) is 0 Å². The second-order valence-corrected chi connectivity index (χ2v) is 5.70. The summed E-state index contributed by atoms with van der Waals surface area (Å²) < 4.78 is 0. The Morgan fingerprint density at radius 3 is 1.86 bits per heavy atom. The van der Waals surface area contributed by atoms with Crippen molar-refractivity contribution >= 4 is 0 Å². The van der Waals surface area contributed by atoms with Gasteiger partial charge in [-0.05, 0) is 53.0 Å². The van der Waals surface area contributed by atoms with Crippen molar-refractivity contribution in [3.05, 3.63) is 0 Å². The zero-order valence-electron chi connectivity index (χ0n) is 13.7. The summed E-state index contributed by atoms with van der Waals surface area (Å²) in [6, 6.07) is 0.696. The van der Waals surface area contributed by atoms with Crippen LogP contribution in [-0.4, -0.2) is 97.5 Å². The van der Waals surface area contributed by atoms with E-state index in [9.17, 15) is 0 Å². The van der Waals surface area contributed by atoms with Gasteiger partial charge in [0.15, 0.2) is 0 Å². The molecule has 2 fully saturated rings. The molecule has 21 heavy (non-hydrogen) atoms. The van der Waals surface area contributed by atoms with Crippen LogP contribution in [0.15, 0.2) is 0 Å². The molecule has 1 atom stereocenters. The van der Waals surface area contributed by atoms with Crippen molar-refractivity contribution in [2.75, 3.05) is 66.6 Å². The molecule has 2 N–H and O–H groups in total. The first-order valence-electron chi connectivity index (χ1n) is 7.50. The van der Waals surface area contributed by atoms with Crippen LogP contribution < -0.4 is 0 Å². The van der Waals surface area contributed by atoms with Gasteiger partial charge in [-0.15, -0.1) is 0 Å². The molecule has 2 aliphatic heterocycles. The molecule has 0 spiro atoms. The molecule has 0 aromatic heterocycles. The van der Waals surface area contributed by atoms with Crippen LogP contribution in [-0.2, 0) is 65.4 Å². The summed E-state index contributed by atoms with van der Waals surface area (Å²) >= 11 is 0. The quantitative estimate of drug-likeness (QED) is 0.601. The van der Waals surface area contributed by atoms with Gasteiger partial charge < -0.3 is 20.0 Å². The monoisotopic (exact) mass is 451 g/mol. The molecule has 2 radical (unpaired) electrons. The molecule has 5 nitrogen and oxygen atoms in total. The fourth-order valence-corrected chi connectivity index (χ4v) is 2.73. The van der Waals surface area contributed by atoms with E-state index in [4.69, 9.17) is 10.2 Å². The van der Waals surface area contributed by atoms with E-state index in [1.54, 1.807) is 0 Å². The summed E-state index contributed by atoms with van der Waals surface area (Å²) in [4.78, 5) is 6.86. The second-order valence-electron chi connectivity index (χ2n) is 5.70. The molecule has 120 valence electrons. The fourth-order valence-electron chi connectivity index (χ4n) is 2.73. The third kappa shape index (κ3) is 11.2. The normalized spacial score (nSPS) is 22.4. The van der Waals surface area contributed by atoms with Gasteiger partial charge in [0.05, 0.1) is 13.2 Å². The van der Waals surface area contributed by atoms with Gasteiger partial charge in [0.25, 0.3) is 0 Å². The largest absolute Gasteiger partial charge is 0.395 e. The van der Waals surface area contributed by atoms with Crippen molar-refractivity contribution < 1.29 is 75.6 Å². The van der Waals surface area contributed by atoms with Crippen LogP contribution in [0.5, 0.6) is 0 Å². The third-order valence-corrected chi connectivity index (χ3v) is 4.01. The second kappa shape index (κ2) is 15.5. The summed E-state index contributed by atoms with van der Waals surface area (Å²) in [5.74, 6) is 0. The Bertz CT molecular complexity index is 230. The van der Waals surface area contributed by atoms with Gasteiger partial charge in [0.1, 0.15) is 0 Å². The number of β-amino-alcohol motifs (C(OH)–C–C–N with tert-alkyl or cyclic N) is 2. The van der Waals surface area contributed by atoms with E-state index in [1.165, 1.54) is 32.4 Å². The van der Waals surface area contributed by atoms with E-state index in [-0.39, 0.29) is 65.4 Å². The Hall–Kier alpha value is 2.01. The first-order valence-corrected chi connectivity index (χ1v) is 7.50. The first kappa shape index (κ1) is 25.3. The van der Waals surface area contributed by atoms with Crippen molar-refractivity contribution in [3.63, 3.8) is 0 Å². The smallest absolute Gasteiger partial charge is 0.0558 e. The maximum absolute atomic E-state index is 8.70. The molecule has 0 aliphatic carbocycles. The Morgan fingerprint density at radius 1 is 0.905 bits per heavy atom. The van der Waals surface area contributed by atoms with Gasteiger partial charge in [-0.25, -0.2) is 0 Å². The molecule has 1 unspecified atom stereocenters. The summed E-state index contributed by atoms with van der Waals surface area (Å²) in [6.07, 6.45) is 3.88. The maximum Gasteiger partial charge on any atom is 0.0558 e. The van der Waals surface area contributed by atoms with Crippen LogP contribution in [0.4, 0.5) is 0 Å². The van der Waals surface area contributed by atoms with Crippen LogP contribution >= 0.6 is 0 Å². The summed E-state index contributed by atoms with van der Waals surface area (Å²) in [6.45, 7) is 6.97. The summed E-state index contributed by atoms with van der Waals surface area (Å²) in [7, 11) is 4.24. The standard InChI is InChI=1S/C8H18N2O.C6H13NO.2Y/c1-9(2)8-3-4-10(7-8)5-6-11;8-6-5-7-3-1-2-4-7;;/h8,11H,3-7H2,1-2H3;8H,1-6H2;;. The molecule has 2 saturated heterocycles. The van der Waals surface area contributed by atoms with Gasteiger partial charge in [0.2, 0.25) is 0 Å². The Labute approximate surface area is 180 Å². The number of aliphatic hydroxyl groups is 2. The molecule has 2 heterocycles. The Kier molecular flexibility index (Phi) is 18.7. The van der Waals surface area contributed by atoms with Crippen LogP contribution in [0.3, 0.4) is 0 Å². The minimum absolute atomic E-state index is 0. The minimum atomic E-state index is 0. The van der Waals surface area contributed by atoms with Crippen molar-refractivity contribution in [3.8, 4) is 0 Å². The van der Waals surface area contributed by atoms with Gasteiger partial charge in [0, 0.05) is 91.1 Å². The zero-order valence-corrected chi connectivity index (χ0v) is 19.4. The van der Waals surface area contributed by atoms with Crippen LogP contribution in [0.2, 0.25) is 0 Å². The number of rotatable bonds is 5. The first-order chi connectivity index (χ1) is 9.17. The van der Waals surface area contributed by atoms with Crippen LogP contribution in [0.1, 0.15) is 19.3 Å². The van der Waals surface area contributed by atoms with E-state index in [1.807, 2.05) is 0 Å². The van der Waals surface area contributed by atoms with Crippen molar-refractivity contribution in [1.82, 2.24) is 14.7 Å². The maximum atomic E-state index is 8.70. The molecule has 2 aliphatic rings. The zero-order chi connectivity index (χ0) is 14.1. The van der Waals surface area contributed by atoms with Gasteiger partial charge >= 0.3 is 0 Å². The number of likely N-dealkylation sites (tertiary alicyclic amines) is 2. The fraction of sp³-hybridized carbons (Fsp3) is 1.00. The average molecular weight is 451 g/mol. The molecular formula is C14H31N3O2Y2. The van der Waals surface area contributed by atoms with E-state index in [2.05, 4.69) is 28.8 Å². The average Bonchev–Trinajstić information content (AvgIpc) is 3.02. The third-order valence-electron chi connectivity index (χ3n) is 4.01. The summed E-state index contributed by atoms with van der Waals surface area (Å²) in [5.41, 5.74) is 0. The van der Waals surface area contributed by atoms with Crippen LogP contribution in [0, 0.1) is 0 Å². The molecular weight excluding hydrogens is 420 g/mol. The van der Waals surface area contributed by atoms with Crippen molar-refractivity contribution in [2.24, 2.45) is 0 Å². The topological polar surface area (TPSA) is 50.2 Å². The van der Waals surface area contributed by atoms with Gasteiger partial charge in [-0.2, -0.15) is 0 Å². The number of hydrogen-bond acceptors (Lipinski definition) is 5. The van der Waals surface area contributed by atoms with E-state index >= 15 is 0 Å². The molecule has 0 aromatic carbocycles. The van der Waals surface area contributed by atoms with E-state index in [0.717, 1.165) is 26.2 Å². The van der Waals surface area contributed by atoms with Crippen LogP contribution in [0.25, 0.3) is 0 Å². The van der Waals surface area contributed by atoms with Crippen molar-refractivity contribution in [2.45, 2.75) is 25.3 Å².